The van der Waals surface area contributed by atoms with Crippen molar-refractivity contribution in [3.8, 4) is 0 Å². The molecule has 1 aliphatic heterocycles. The summed E-state index contributed by atoms with van der Waals surface area (Å²) < 4.78 is 0. The normalized spacial score (nSPS) is 20.2. The molecule has 1 saturated heterocycles. The van der Waals surface area contributed by atoms with Crippen LogP contribution in [0.4, 0.5) is 0 Å². The van der Waals surface area contributed by atoms with Crippen molar-refractivity contribution in [1.82, 2.24) is 10.7 Å². The maximum absolute atomic E-state index is 5.70. The van der Waals surface area contributed by atoms with E-state index in [4.69, 9.17) is 11.6 Å². The van der Waals surface area contributed by atoms with E-state index in [2.05, 4.69) is 10.7 Å². The summed E-state index contributed by atoms with van der Waals surface area (Å²) in [6.45, 7) is 2.31. The van der Waals surface area contributed by atoms with Crippen molar-refractivity contribution in [1.29, 1.82) is 0 Å². The predicted molar refractivity (Wildman–Crippen MR) is 54.4 cm³/mol. The van der Waals surface area contributed by atoms with Crippen LogP contribution in [0.1, 0.15) is 25.7 Å². The summed E-state index contributed by atoms with van der Waals surface area (Å²) in [7, 11) is 0. The molecule has 1 aliphatic rings. The fraction of sp³-hybridized carbons (Fsp3) is 0.778. The van der Waals surface area contributed by atoms with Crippen molar-refractivity contribution in [2.75, 3.05) is 13.1 Å². The quantitative estimate of drug-likeness (QED) is 0.367. The highest BCUT2D eigenvalue weighted by Crippen LogP contribution is 2.18. The molecule has 0 aromatic heterocycles. The van der Waals surface area contributed by atoms with Crippen LogP contribution in [0.2, 0.25) is 0 Å². The first kappa shape index (κ1) is 10.3. The van der Waals surface area contributed by atoms with Gasteiger partial charge in [0.05, 0.1) is 0 Å². The van der Waals surface area contributed by atoms with E-state index in [1.54, 1.807) is 6.20 Å². The Bertz CT molecular complexity index is 161. The van der Waals surface area contributed by atoms with Gasteiger partial charge in [-0.15, -0.1) is 0 Å². The largest absolute Gasteiger partial charge is 0.401 e. The molecule has 0 saturated carbocycles. The first-order valence-corrected chi connectivity index (χ1v) is 4.94. The highest BCUT2D eigenvalue weighted by atomic mass is 15.2. The maximum atomic E-state index is 5.70. The summed E-state index contributed by atoms with van der Waals surface area (Å²) in [5, 5.41) is 3.35. The zero-order valence-corrected chi connectivity index (χ0v) is 8.05. The molecule has 0 aromatic carbocycles. The van der Waals surface area contributed by atoms with Crippen molar-refractivity contribution >= 4 is 0 Å². The minimum Gasteiger partial charge on any atom is -0.401 e. The summed E-state index contributed by atoms with van der Waals surface area (Å²) in [5.74, 6) is 5.96. The van der Waals surface area contributed by atoms with Gasteiger partial charge in [-0.2, -0.15) is 0 Å². The third-order valence-corrected chi connectivity index (χ3v) is 2.57. The third-order valence-electron chi connectivity index (χ3n) is 2.57. The van der Waals surface area contributed by atoms with E-state index < -0.39 is 0 Å². The molecular formula is C9H20N4. The molecule has 4 heteroatoms. The van der Waals surface area contributed by atoms with Gasteiger partial charge in [0, 0.05) is 11.9 Å². The Kier molecular flexibility index (Phi) is 4.64. The van der Waals surface area contributed by atoms with Crippen LogP contribution in [-0.4, -0.2) is 13.1 Å². The first-order valence-electron chi connectivity index (χ1n) is 4.94. The molecule has 0 unspecified atom stereocenters. The molecule has 1 heterocycles. The van der Waals surface area contributed by atoms with E-state index >= 15 is 0 Å². The van der Waals surface area contributed by atoms with Crippen LogP contribution in [0, 0.1) is 5.92 Å². The average Bonchev–Trinajstić information content (AvgIpc) is 2.17. The summed E-state index contributed by atoms with van der Waals surface area (Å²) in [4.78, 5) is 0. The Morgan fingerprint density at radius 1 is 1.46 bits per heavy atom. The summed E-state index contributed by atoms with van der Waals surface area (Å²) in [6.07, 6.45) is 6.37. The van der Waals surface area contributed by atoms with Crippen molar-refractivity contribution in [3.05, 3.63) is 11.9 Å². The van der Waals surface area contributed by atoms with Crippen molar-refractivity contribution < 1.29 is 0 Å². The lowest BCUT2D eigenvalue weighted by Gasteiger charge is -2.22. The van der Waals surface area contributed by atoms with Gasteiger partial charge in [0.2, 0.25) is 0 Å². The number of allylic oxidation sites excluding steroid dienone is 1. The number of hydrogen-bond donors (Lipinski definition) is 4. The maximum Gasteiger partial charge on any atom is 0.0310 e. The molecule has 1 rings (SSSR count). The molecule has 0 bridgehead atoms. The molecular weight excluding hydrogens is 164 g/mol. The van der Waals surface area contributed by atoms with Crippen LogP contribution >= 0.6 is 0 Å². The highest BCUT2D eigenvalue weighted by molar-refractivity contribution is 4.94. The van der Waals surface area contributed by atoms with Gasteiger partial charge in [-0.3, -0.25) is 5.84 Å². The molecule has 4 nitrogen and oxygen atoms in total. The number of hydrogen-bond acceptors (Lipinski definition) is 4. The Labute approximate surface area is 79.7 Å². The topological polar surface area (TPSA) is 76.1 Å². The van der Waals surface area contributed by atoms with Gasteiger partial charge in [-0.25, -0.2) is 0 Å². The molecule has 0 aliphatic carbocycles. The zero-order chi connectivity index (χ0) is 9.52. The van der Waals surface area contributed by atoms with E-state index in [1.807, 2.05) is 0 Å². The number of rotatable bonds is 4. The van der Waals surface area contributed by atoms with E-state index in [9.17, 15) is 0 Å². The van der Waals surface area contributed by atoms with Crippen LogP contribution in [0.15, 0.2) is 11.9 Å². The fourth-order valence-electron chi connectivity index (χ4n) is 1.72. The van der Waals surface area contributed by atoms with Crippen LogP contribution in [-0.2, 0) is 0 Å². The van der Waals surface area contributed by atoms with Gasteiger partial charge in [-0.05, 0) is 44.7 Å². The third kappa shape index (κ3) is 4.15. The van der Waals surface area contributed by atoms with Gasteiger partial charge >= 0.3 is 0 Å². The molecule has 0 amide bonds. The first-order chi connectivity index (χ1) is 6.33. The second-order valence-electron chi connectivity index (χ2n) is 3.62. The SMILES string of the molecule is NN/C=C(\N)CCC1CCNCC1. The summed E-state index contributed by atoms with van der Waals surface area (Å²) in [6, 6.07) is 0. The highest BCUT2D eigenvalue weighted by Gasteiger charge is 2.12. The van der Waals surface area contributed by atoms with E-state index in [0.29, 0.717) is 0 Å². The second kappa shape index (κ2) is 5.83. The van der Waals surface area contributed by atoms with Crippen LogP contribution in [0.25, 0.3) is 0 Å². The summed E-state index contributed by atoms with van der Waals surface area (Å²) >= 11 is 0. The van der Waals surface area contributed by atoms with Crippen LogP contribution < -0.4 is 22.3 Å². The lowest BCUT2D eigenvalue weighted by Crippen LogP contribution is -2.28. The second-order valence-corrected chi connectivity index (χ2v) is 3.62. The number of nitrogens with one attached hydrogen (secondary N) is 2. The fourth-order valence-corrected chi connectivity index (χ4v) is 1.72. The van der Waals surface area contributed by atoms with Gasteiger partial charge in [-0.1, -0.05) is 0 Å². The molecule has 0 atom stereocenters. The van der Waals surface area contributed by atoms with Gasteiger partial charge < -0.3 is 16.5 Å². The zero-order valence-electron chi connectivity index (χ0n) is 8.05. The van der Waals surface area contributed by atoms with Gasteiger partial charge in [0.1, 0.15) is 0 Å². The Hall–Kier alpha value is -0.740. The Balaban J connectivity index is 2.13. The Morgan fingerprint density at radius 2 is 2.15 bits per heavy atom. The molecule has 76 valence electrons. The smallest absolute Gasteiger partial charge is 0.0310 e. The molecule has 6 N–H and O–H groups in total. The number of nitrogens with two attached hydrogens (primary N) is 2. The minimum atomic E-state index is 0.839. The van der Waals surface area contributed by atoms with Gasteiger partial charge in [0.25, 0.3) is 0 Å². The average molecular weight is 184 g/mol. The van der Waals surface area contributed by atoms with E-state index in [1.165, 1.54) is 19.3 Å². The summed E-state index contributed by atoms with van der Waals surface area (Å²) in [5.41, 5.74) is 9.01. The Morgan fingerprint density at radius 3 is 2.77 bits per heavy atom. The molecule has 0 spiro atoms. The molecule has 0 aromatic rings. The van der Waals surface area contributed by atoms with Crippen molar-refractivity contribution in [2.45, 2.75) is 25.7 Å². The number of piperidine rings is 1. The van der Waals surface area contributed by atoms with E-state index in [0.717, 1.165) is 31.1 Å². The molecule has 0 radical (unpaired) electrons. The lowest BCUT2D eigenvalue weighted by atomic mass is 9.93. The van der Waals surface area contributed by atoms with Gasteiger partial charge in [0.15, 0.2) is 0 Å². The predicted octanol–water partition coefficient (Wildman–Crippen LogP) is 0.0296. The van der Waals surface area contributed by atoms with Crippen molar-refractivity contribution in [2.24, 2.45) is 17.5 Å². The standard InChI is InChI=1S/C9H20N4/c10-9(7-13-11)2-1-8-3-5-12-6-4-8/h7-8,12-13H,1-6,10-11H2/b9-7-. The monoisotopic (exact) mass is 184 g/mol. The lowest BCUT2D eigenvalue weighted by molar-refractivity contribution is 0.353. The minimum absolute atomic E-state index is 0.839. The number of hydrazine groups is 1. The molecule has 1 fully saturated rings. The van der Waals surface area contributed by atoms with Crippen molar-refractivity contribution in [3.63, 3.8) is 0 Å². The molecule has 13 heavy (non-hydrogen) atoms. The van der Waals surface area contributed by atoms with Crippen LogP contribution in [0.5, 0.6) is 0 Å². The van der Waals surface area contributed by atoms with E-state index in [-0.39, 0.29) is 0 Å². The van der Waals surface area contributed by atoms with Crippen LogP contribution in [0.3, 0.4) is 0 Å².